The molecule has 0 bridgehead atoms. The number of benzene rings is 1. The van der Waals surface area contributed by atoms with E-state index in [1.807, 2.05) is 19.9 Å². The van der Waals surface area contributed by atoms with E-state index in [-0.39, 0.29) is 29.9 Å². The molecule has 7 nitrogen and oxygen atoms in total. The summed E-state index contributed by atoms with van der Waals surface area (Å²) in [5.74, 6) is -1.07. The van der Waals surface area contributed by atoms with Crippen LogP contribution in [0.1, 0.15) is 63.0 Å². The van der Waals surface area contributed by atoms with Crippen LogP contribution >= 0.6 is 0 Å². The highest BCUT2D eigenvalue weighted by molar-refractivity contribution is 7.89. The van der Waals surface area contributed by atoms with E-state index in [0.29, 0.717) is 12.8 Å². The minimum Gasteiger partial charge on any atom is -0.452 e. The zero-order valence-corrected chi connectivity index (χ0v) is 19.5. The Morgan fingerprint density at radius 2 is 1.68 bits per heavy atom. The third kappa shape index (κ3) is 5.86. The molecule has 1 amide bonds. The smallest absolute Gasteiger partial charge is 0.309 e. The number of piperidine rings is 1. The summed E-state index contributed by atoms with van der Waals surface area (Å²) in [6, 6.07) is 5.30. The molecule has 172 valence electrons. The lowest BCUT2D eigenvalue weighted by Gasteiger charge is -2.31. The first-order valence-corrected chi connectivity index (χ1v) is 12.7. The second-order valence-electron chi connectivity index (χ2n) is 8.85. The summed E-state index contributed by atoms with van der Waals surface area (Å²) in [4.78, 5) is 25.2. The van der Waals surface area contributed by atoms with Crippen LogP contribution in [0.3, 0.4) is 0 Å². The molecule has 31 heavy (non-hydrogen) atoms. The maximum absolute atomic E-state index is 12.9. The normalized spacial score (nSPS) is 20.2. The molecule has 1 aromatic rings. The molecular weight excluding hydrogens is 416 g/mol. The lowest BCUT2D eigenvalue weighted by molar-refractivity contribution is -0.160. The Morgan fingerprint density at radius 3 is 2.29 bits per heavy atom. The van der Waals surface area contributed by atoms with E-state index >= 15 is 0 Å². The molecule has 1 aromatic carbocycles. The number of amides is 1. The predicted molar refractivity (Wildman–Crippen MR) is 118 cm³/mol. The number of nitrogens with zero attached hydrogens (tertiary/aromatic N) is 1. The molecule has 2 aliphatic rings. The van der Waals surface area contributed by atoms with Crippen LogP contribution in [0.5, 0.6) is 0 Å². The number of rotatable bonds is 6. The first kappa shape index (κ1) is 23.7. The lowest BCUT2D eigenvalue weighted by Crippen LogP contribution is -2.44. The molecular formula is C23H34N2O5S. The minimum absolute atomic E-state index is 0.168. The van der Waals surface area contributed by atoms with Crippen molar-refractivity contribution in [3.8, 4) is 0 Å². The van der Waals surface area contributed by atoms with Gasteiger partial charge >= 0.3 is 5.97 Å². The van der Waals surface area contributed by atoms with Crippen LogP contribution in [0.2, 0.25) is 0 Å². The highest BCUT2D eigenvalue weighted by Gasteiger charge is 2.34. The molecule has 1 aliphatic carbocycles. The molecule has 1 atom stereocenters. The molecule has 1 unspecified atom stereocenters. The number of carbonyl (C=O) groups is 2. The van der Waals surface area contributed by atoms with Gasteiger partial charge in [0, 0.05) is 19.1 Å². The second-order valence-corrected chi connectivity index (χ2v) is 10.8. The first-order chi connectivity index (χ1) is 14.7. The van der Waals surface area contributed by atoms with Crippen molar-refractivity contribution >= 4 is 21.9 Å². The van der Waals surface area contributed by atoms with Gasteiger partial charge in [-0.05, 0) is 69.7 Å². The van der Waals surface area contributed by atoms with Gasteiger partial charge in [0.25, 0.3) is 5.91 Å². The molecule has 8 heteroatoms. The van der Waals surface area contributed by atoms with Crippen molar-refractivity contribution < 1.29 is 22.7 Å². The van der Waals surface area contributed by atoms with Gasteiger partial charge in [-0.15, -0.1) is 0 Å². The summed E-state index contributed by atoms with van der Waals surface area (Å²) < 4.78 is 32.7. The van der Waals surface area contributed by atoms with Crippen LogP contribution in [-0.2, 0) is 24.3 Å². The number of hydrogen-bond donors (Lipinski definition) is 1. The van der Waals surface area contributed by atoms with Crippen molar-refractivity contribution in [3.63, 3.8) is 0 Å². The standard InChI is InChI=1S/C23H34N2O5S/c1-16-9-10-21(15-17(16)2)31(28,29)25-13-11-19(12-14-25)23(27)30-18(3)22(26)24-20-7-5-4-6-8-20/h9-10,15,18-20H,4-8,11-14H2,1-3H3,(H,24,26). The van der Waals surface area contributed by atoms with Gasteiger partial charge in [0.05, 0.1) is 10.8 Å². The number of nitrogens with one attached hydrogen (secondary N) is 1. The zero-order valence-electron chi connectivity index (χ0n) is 18.7. The van der Waals surface area contributed by atoms with Gasteiger partial charge in [-0.3, -0.25) is 9.59 Å². The molecule has 0 aromatic heterocycles. The number of hydrogen-bond acceptors (Lipinski definition) is 5. The van der Waals surface area contributed by atoms with E-state index in [2.05, 4.69) is 5.32 Å². The Bertz CT molecular complexity index is 901. The van der Waals surface area contributed by atoms with Crippen LogP contribution in [0.4, 0.5) is 0 Å². The van der Waals surface area contributed by atoms with E-state index < -0.39 is 28.0 Å². The van der Waals surface area contributed by atoms with Gasteiger partial charge in [0.15, 0.2) is 6.10 Å². The van der Waals surface area contributed by atoms with E-state index in [0.717, 1.165) is 36.8 Å². The zero-order chi connectivity index (χ0) is 22.6. The van der Waals surface area contributed by atoms with Crippen LogP contribution in [0, 0.1) is 19.8 Å². The largest absolute Gasteiger partial charge is 0.452 e. The van der Waals surface area contributed by atoms with Crippen LogP contribution in [0.15, 0.2) is 23.1 Å². The molecule has 2 fully saturated rings. The molecule has 1 saturated carbocycles. The second kappa shape index (κ2) is 10.1. The number of esters is 1. The summed E-state index contributed by atoms with van der Waals surface area (Å²) >= 11 is 0. The Hall–Kier alpha value is -1.93. The molecule has 1 saturated heterocycles. The monoisotopic (exact) mass is 450 g/mol. The third-order valence-corrected chi connectivity index (χ3v) is 8.41. The summed E-state index contributed by atoms with van der Waals surface area (Å²) in [6.07, 6.45) is 5.31. The molecule has 3 rings (SSSR count). The SMILES string of the molecule is Cc1ccc(S(=O)(=O)N2CCC(C(=O)OC(C)C(=O)NC3CCCCC3)CC2)cc1C. The molecule has 1 heterocycles. The number of carbonyl (C=O) groups excluding carboxylic acids is 2. The summed E-state index contributed by atoms with van der Waals surface area (Å²) in [7, 11) is -3.59. The highest BCUT2D eigenvalue weighted by atomic mass is 32.2. The Morgan fingerprint density at radius 1 is 1.03 bits per heavy atom. The average Bonchev–Trinajstić information content (AvgIpc) is 2.76. The van der Waals surface area contributed by atoms with Gasteiger partial charge in [0.2, 0.25) is 10.0 Å². The summed E-state index contributed by atoms with van der Waals surface area (Å²) in [5, 5.41) is 2.98. The predicted octanol–water partition coefficient (Wildman–Crippen LogP) is 3.08. The fourth-order valence-corrected chi connectivity index (χ4v) is 5.80. The maximum atomic E-state index is 12.9. The quantitative estimate of drug-likeness (QED) is 0.673. The van der Waals surface area contributed by atoms with E-state index in [4.69, 9.17) is 4.74 Å². The molecule has 0 spiro atoms. The fourth-order valence-electron chi connectivity index (χ4n) is 4.24. The van der Waals surface area contributed by atoms with E-state index in [1.54, 1.807) is 19.1 Å². The van der Waals surface area contributed by atoms with Crippen molar-refractivity contribution in [2.24, 2.45) is 5.92 Å². The third-order valence-electron chi connectivity index (χ3n) is 6.52. The Kier molecular flexibility index (Phi) is 7.75. The molecule has 1 aliphatic heterocycles. The van der Waals surface area contributed by atoms with Crippen LogP contribution < -0.4 is 5.32 Å². The molecule has 0 radical (unpaired) electrons. The van der Waals surface area contributed by atoms with Crippen molar-refractivity contribution in [2.75, 3.05) is 13.1 Å². The lowest BCUT2D eigenvalue weighted by atomic mass is 9.95. The van der Waals surface area contributed by atoms with Gasteiger partial charge in [-0.25, -0.2) is 8.42 Å². The summed E-state index contributed by atoms with van der Waals surface area (Å²) in [5.41, 5.74) is 1.97. The number of sulfonamides is 1. The van der Waals surface area contributed by atoms with Crippen LogP contribution in [0.25, 0.3) is 0 Å². The fraction of sp³-hybridized carbons (Fsp3) is 0.652. The highest BCUT2D eigenvalue weighted by Crippen LogP contribution is 2.26. The van der Waals surface area contributed by atoms with Crippen LogP contribution in [-0.4, -0.2) is 49.8 Å². The summed E-state index contributed by atoms with van der Waals surface area (Å²) in [6.45, 7) is 5.95. The van der Waals surface area contributed by atoms with E-state index in [9.17, 15) is 18.0 Å². The van der Waals surface area contributed by atoms with Crippen molar-refractivity contribution in [2.45, 2.75) is 82.8 Å². The van der Waals surface area contributed by atoms with E-state index in [1.165, 1.54) is 10.7 Å². The number of ether oxygens (including phenoxy) is 1. The van der Waals surface area contributed by atoms with Gasteiger partial charge in [0.1, 0.15) is 0 Å². The first-order valence-electron chi connectivity index (χ1n) is 11.3. The maximum Gasteiger partial charge on any atom is 0.309 e. The van der Waals surface area contributed by atoms with Crippen molar-refractivity contribution in [1.82, 2.24) is 9.62 Å². The Labute approximate surface area is 185 Å². The van der Waals surface area contributed by atoms with Crippen molar-refractivity contribution in [3.05, 3.63) is 29.3 Å². The molecule has 1 N–H and O–H groups in total. The topological polar surface area (TPSA) is 92.8 Å². The number of aryl methyl sites for hydroxylation is 2. The van der Waals surface area contributed by atoms with Gasteiger partial charge in [-0.2, -0.15) is 4.31 Å². The van der Waals surface area contributed by atoms with Gasteiger partial charge < -0.3 is 10.1 Å². The van der Waals surface area contributed by atoms with Gasteiger partial charge in [-0.1, -0.05) is 25.3 Å². The Balaban J connectivity index is 1.50. The minimum atomic E-state index is -3.59. The average molecular weight is 451 g/mol. The van der Waals surface area contributed by atoms with Crippen molar-refractivity contribution in [1.29, 1.82) is 0 Å².